The van der Waals surface area contributed by atoms with Crippen molar-refractivity contribution in [1.82, 2.24) is 5.32 Å². The number of carbonyl (C=O) groups is 2. The van der Waals surface area contributed by atoms with E-state index in [-0.39, 0.29) is 17.8 Å². The molecule has 0 aromatic heterocycles. The summed E-state index contributed by atoms with van der Waals surface area (Å²) in [6.45, 7) is 4.08. The number of amides is 3. The molecule has 2 aromatic rings. The Morgan fingerprint density at radius 1 is 1.04 bits per heavy atom. The number of hydrogen-bond donors (Lipinski definition) is 3. The zero-order chi connectivity index (χ0) is 18.2. The van der Waals surface area contributed by atoms with E-state index in [1.807, 2.05) is 13.0 Å². The standard InChI is InChI=1S/C19H22FN3O2/c1-3-18(24)22-16-9-4-13(2)17(12-16)23-19(25)21-11-10-14-5-7-15(20)8-6-14/h4-9,12H,3,10-11H2,1-2H3,(H,22,24)(H2,21,23,25). The van der Waals surface area contributed by atoms with Gasteiger partial charge in [0.05, 0.1) is 0 Å². The van der Waals surface area contributed by atoms with Gasteiger partial charge in [-0.2, -0.15) is 0 Å². The van der Waals surface area contributed by atoms with Crippen molar-refractivity contribution < 1.29 is 14.0 Å². The Bertz CT molecular complexity index is 745. The molecule has 0 atom stereocenters. The lowest BCUT2D eigenvalue weighted by Gasteiger charge is -2.12. The first-order valence-electron chi connectivity index (χ1n) is 8.17. The number of rotatable bonds is 6. The van der Waals surface area contributed by atoms with Crippen LogP contribution in [0.15, 0.2) is 42.5 Å². The summed E-state index contributed by atoms with van der Waals surface area (Å²) >= 11 is 0. The number of carbonyl (C=O) groups excluding carboxylic acids is 2. The molecule has 3 amide bonds. The fourth-order valence-electron chi connectivity index (χ4n) is 2.22. The average molecular weight is 343 g/mol. The third kappa shape index (κ3) is 5.91. The quantitative estimate of drug-likeness (QED) is 0.746. The second kappa shape index (κ2) is 8.82. The van der Waals surface area contributed by atoms with Gasteiger partial charge >= 0.3 is 6.03 Å². The number of hydrogen-bond acceptors (Lipinski definition) is 2. The molecule has 0 spiro atoms. The Labute approximate surface area is 146 Å². The molecule has 0 fully saturated rings. The van der Waals surface area contributed by atoms with Crippen LogP contribution < -0.4 is 16.0 Å². The molecule has 0 heterocycles. The third-order valence-electron chi connectivity index (χ3n) is 3.70. The zero-order valence-electron chi connectivity index (χ0n) is 14.4. The van der Waals surface area contributed by atoms with Crippen LogP contribution in [0.1, 0.15) is 24.5 Å². The van der Waals surface area contributed by atoms with Crippen molar-refractivity contribution in [3.05, 3.63) is 59.4 Å². The lowest BCUT2D eigenvalue weighted by atomic mass is 10.1. The van der Waals surface area contributed by atoms with E-state index in [0.717, 1.165) is 11.1 Å². The van der Waals surface area contributed by atoms with Crippen molar-refractivity contribution in [3.63, 3.8) is 0 Å². The lowest BCUT2D eigenvalue weighted by molar-refractivity contribution is -0.115. The first-order valence-corrected chi connectivity index (χ1v) is 8.17. The van der Waals surface area contributed by atoms with Crippen LogP contribution in [0, 0.1) is 12.7 Å². The number of halogens is 1. The number of nitrogens with one attached hydrogen (secondary N) is 3. The second-order valence-corrected chi connectivity index (χ2v) is 5.69. The second-order valence-electron chi connectivity index (χ2n) is 5.69. The van der Waals surface area contributed by atoms with Gasteiger partial charge in [-0.15, -0.1) is 0 Å². The minimum absolute atomic E-state index is 0.0847. The Hall–Kier alpha value is -2.89. The molecule has 0 saturated carbocycles. The fraction of sp³-hybridized carbons (Fsp3) is 0.263. The van der Waals surface area contributed by atoms with Crippen LogP contribution >= 0.6 is 0 Å². The number of anilines is 2. The van der Waals surface area contributed by atoms with Crippen molar-refractivity contribution in [2.24, 2.45) is 0 Å². The van der Waals surface area contributed by atoms with Crippen molar-refractivity contribution in [3.8, 4) is 0 Å². The summed E-state index contributed by atoms with van der Waals surface area (Å²) in [7, 11) is 0. The van der Waals surface area contributed by atoms with Gasteiger partial charge in [0.2, 0.25) is 5.91 Å². The van der Waals surface area contributed by atoms with Crippen LogP contribution in [-0.2, 0) is 11.2 Å². The summed E-state index contributed by atoms with van der Waals surface area (Å²) in [6, 6.07) is 11.2. The number of benzene rings is 2. The maximum atomic E-state index is 12.8. The maximum absolute atomic E-state index is 12.8. The summed E-state index contributed by atoms with van der Waals surface area (Å²) < 4.78 is 12.8. The van der Waals surface area contributed by atoms with E-state index in [1.54, 1.807) is 31.2 Å². The summed E-state index contributed by atoms with van der Waals surface area (Å²) in [5.74, 6) is -0.362. The molecular weight excluding hydrogens is 321 g/mol. The van der Waals surface area contributed by atoms with Gasteiger partial charge in [0.15, 0.2) is 0 Å². The average Bonchev–Trinajstić information content (AvgIpc) is 2.59. The summed E-state index contributed by atoms with van der Waals surface area (Å²) in [5.41, 5.74) is 3.11. The highest BCUT2D eigenvalue weighted by Crippen LogP contribution is 2.20. The Morgan fingerprint density at radius 2 is 1.76 bits per heavy atom. The van der Waals surface area contributed by atoms with E-state index in [4.69, 9.17) is 0 Å². The van der Waals surface area contributed by atoms with E-state index in [0.29, 0.717) is 30.8 Å². The van der Waals surface area contributed by atoms with Crippen molar-refractivity contribution in [1.29, 1.82) is 0 Å². The monoisotopic (exact) mass is 343 g/mol. The van der Waals surface area contributed by atoms with Gasteiger partial charge in [-0.05, 0) is 48.7 Å². The summed E-state index contributed by atoms with van der Waals surface area (Å²) in [6.07, 6.45) is 1.000. The van der Waals surface area contributed by atoms with Crippen molar-refractivity contribution >= 4 is 23.3 Å². The van der Waals surface area contributed by atoms with E-state index in [1.165, 1.54) is 12.1 Å². The van der Waals surface area contributed by atoms with Crippen LogP contribution in [0.25, 0.3) is 0 Å². The van der Waals surface area contributed by atoms with Gasteiger partial charge in [0, 0.05) is 24.3 Å². The maximum Gasteiger partial charge on any atom is 0.319 e. The highest BCUT2D eigenvalue weighted by Gasteiger charge is 2.07. The predicted molar refractivity (Wildman–Crippen MR) is 97.2 cm³/mol. The molecule has 2 aromatic carbocycles. The third-order valence-corrected chi connectivity index (χ3v) is 3.70. The van der Waals surface area contributed by atoms with Crippen LogP contribution in [0.2, 0.25) is 0 Å². The fourth-order valence-corrected chi connectivity index (χ4v) is 2.22. The van der Waals surface area contributed by atoms with Crippen molar-refractivity contribution in [2.45, 2.75) is 26.7 Å². The SMILES string of the molecule is CCC(=O)Nc1ccc(C)c(NC(=O)NCCc2ccc(F)cc2)c1. The molecule has 0 aliphatic rings. The Balaban J connectivity index is 1.87. The molecule has 2 rings (SSSR count). The van der Waals surface area contributed by atoms with E-state index >= 15 is 0 Å². The van der Waals surface area contributed by atoms with Gasteiger partial charge in [-0.25, -0.2) is 9.18 Å². The van der Waals surface area contributed by atoms with Gasteiger partial charge in [0.1, 0.15) is 5.82 Å². The molecule has 6 heteroatoms. The molecule has 25 heavy (non-hydrogen) atoms. The summed E-state index contributed by atoms with van der Waals surface area (Å²) in [5, 5.41) is 8.30. The number of aryl methyl sites for hydroxylation is 1. The Kier molecular flexibility index (Phi) is 6.51. The molecule has 3 N–H and O–H groups in total. The van der Waals surface area contributed by atoms with Gasteiger partial charge in [-0.3, -0.25) is 4.79 Å². The molecular formula is C19H22FN3O2. The van der Waals surface area contributed by atoms with Gasteiger partial charge < -0.3 is 16.0 Å². The van der Waals surface area contributed by atoms with Gasteiger partial charge in [-0.1, -0.05) is 25.1 Å². The molecule has 132 valence electrons. The highest BCUT2D eigenvalue weighted by molar-refractivity contribution is 5.94. The minimum Gasteiger partial charge on any atom is -0.338 e. The smallest absolute Gasteiger partial charge is 0.319 e. The van der Waals surface area contributed by atoms with E-state index in [2.05, 4.69) is 16.0 Å². The zero-order valence-corrected chi connectivity index (χ0v) is 14.4. The molecule has 0 radical (unpaired) electrons. The van der Waals surface area contributed by atoms with Crippen LogP contribution in [0.5, 0.6) is 0 Å². The molecule has 0 saturated heterocycles. The normalized spacial score (nSPS) is 10.2. The molecule has 0 bridgehead atoms. The molecule has 0 aliphatic carbocycles. The number of urea groups is 1. The first kappa shape index (κ1) is 18.4. The van der Waals surface area contributed by atoms with E-state index in [9.17, 15) is 14.0 Å². The largest absolute Gasteiger partial charge is 0.338 e. The van der Waals surface area contributed by atoms with Crippen LogP contribution in [-0.4, -0.2) is 18.5 Å². The highest BCUT2D eigenvalue weighted by atomic mass is 19.1. The minimum atomic E-state index is -0.329. The topological polar surface area (TPSA) is 70.2 Å². The van der Waals surface area contributed by atoms with Crippen molar-refractivity contribution in [2.75, 3.05) is 17.2 Å². The van der Waals surface area contributed by atoms with E-state index < -0.39 is 0 Å². The van der Waals surface area contributed by atoms with Gasteiger partial charge in [0.25, 0.3) is 0 Å². The molecule has 0 aliphatic heterocycles. The Morgan fingerprint density at radius 3 is 2.44 bits per heavy atom. The van der Waals surface area contributed by atoms with Crippen LogP contribution in [0.3, 0.4) is 0 Å². The summed E-state index contributed by atoms with van der Waals surface area (Å²) in [4.78, 5) is 23.5. The molecule has 0 unspecified atom stereocenters. The molecule has 5 nitrogen and oxygen atoms in total. The predicted octanol–water partition coefficient (Wildman–Crippen LogP) is 3.85. The van der Waals surface area contributed by atoms with Crippen LogP contribution in [0.4, 0.5) is 20.6 Å². The lowest BCUT2D eigenvalue weighted by Crippen LogP contribution is -2.30. The first-order chi connectivity index (χ1) is 12.0.